The molecule has 8 heteroatoms. The molecule has 3 aromatic rings. The van der Waals surface area contributed by atoms with Crippen molar-refractivity contribution in [1.29, 1.82) is 0 Å². The summed E-state index contributed by atoms with van der Waals surface area (Å²) >= 11 is 0. The molecule has 2 unspecified atom stereocenters. The summed E-state index contributed by atoms with van der Waals surface area (Å²) in [6.45, 7) is 6.97. The van der Waals surface area contributed by atoms with E-state index in [1.807, 2.05) is 22.8 Å². The smallest absolute Gasteiger partial charge is 0.329 e. The van der Waals surface area contributed by atoms with Gasteiger partial charge in [-0.05, 0) is 25.8 Å². The van der Waals surface area contributed by atoms with E-state index in [1.165, 1.54) is 10.1 Å². The van der Waals surface area contributed by atoms with Crippen LogP contribution in [0, 0.1) is 0 Å². The van der Waals surface area contributed by atoms with Crippen LogP contribution in [0.3, 0.4) is 0 Å². The number of imidazole rings is 1. The van der Waals surface area contributed by atoms with Gasteiger partial charge in [-0.15, -0.1) is 0 Å². The van der Waals surface area contributed by atoms with Crippen molar-refractivity contribution in [3.05, 3.63) is 62.6 Å². The largest absolute Gasteiger partial charge is 0.373 e. The molecule has 0 radical (unpaired) electrons. The second kappa shape index (κ2) is 7.96. The van der Waals surface area contributed by atoms with Gasteiger partial charge in [-0.1, -0.05) is 30.3 Å². The Hall–Kier alpha value is -2.71. The maximum atomic E-state index is 12.6. The Bertz CT molecular complexity index is 1110. The third-order valence-electron chi connectivity index (χ3n) is 5.41. The number of nitrogens with zero attached hydrogens (tertiary/aromatic N) is 4. The molecule has 1 saturated heterocycles. The molecule has 0 spiro atoms. The van der Waals surface area contributed by atoms with Crippen molar-refractivity contribution >= 4 is 11.2 Å². The topological polar surface area (TPSA) is 85.2 Å². The fraction of sp³-hybridized carbons (Fsp3) is 0.476. The van der Waals surface area contributed by atoms with Crippen LogP contribution in [-0.2, 0) is 31.3 Å². The van der Waals surface area contributed by atoms with Crippen LogP contribution < -0.4 is 11.2 Å². The van der Waals surface area contributed by atoms with Crippen LogP contribution in [0.25, 0.3) is 11.2 Å². The van der Waals surface area contributed by atoms with Gasteiger partial charge in [0.15, 0.2) is 11.2 Å². The highest BCUT2D eigenvalue weighted by Gasteiger charge is 2.25. The van der Waals surface area contributed by atoms with E-state index in [0.717, 1.165) is 25.3 Å². The van der Waals surface area contributed by atoms with Crippen LogP contribution in [0.15, 0.2) is 39.9 Å². The van der Waals surface area contributed by atoms with Gasteiger partial charge in [0.25, 0.3) is 5.56 Å². The SMILES string of the molecule is CC1CN(Cc2nc3c(c(=O)[nH]c(=O)n3C)n2CCc2ccccc2)CC(C)O1. The fourth-order valence-corrected chi connectivity index (χ4v) is 4.14. The number of hydrogen-bond acceptors (Lipinski definition) is 5. The van der Waals surface area contributed by atoms with Gasteiger partial charge >= 0.3 is 5.69 Å². The molecule has 1 aromatic carbocycles. The van der Waals surface area contributed by atoms with Crippen molar-refractivity contribution in [3.8, 4) is 0 Å². The van der Waals surface area contributed by atoms with E-state index >= 15 is 0 Å². The number of H-pyrrole nitrogens is 1. The van der Waals surface area contributed by atoms with E-state index in [1.54, 1.807) is 7.05 Å². The first-order chi connectivity index (χ1) is 13.9. The number of benzene rings is 1. The van der Waals surface area contributed by atoms with Gasteiger partial charge < -0.3 is 9.30 Å². The molecule has 154 valence electrons. The lowest BCUT2D eigenvalue weighted by atomic mass is 10.1. The number of hydrogen-bond donors (Lipinski definition) is 1. The highest BCUT2D eigenvalue weighted by Crippen LogP contribution is 2.18. The minimum absolute atomic E-state index is 0.147. The lowest BCUT2D eigenvalue weighted by Crippen LogP contribution is -2.45. The standard InChI is InChI=1S/C21H27N5O3/c1-14-11-25(12-15(2)29-14)13-17-22-19-18(20(27)23-21(28)24(19)3)26(17)10-9-16-7-5-4-6-8-16/h4-8,14-15H,9-13H2,1-3H3,(H,23,27,28). The summed E-state index contributed by atoms with van der Waals surface area (Å²) in [5.74, 6) is 0.795. The Morgan fingerprint density at radius 3 is 2.52 bits per heavy atom. The van der Waals surface area contributed by atoms with Gasteiger partial charge in [0.05, 0.1) is 18.8 Å². The molecule has 0 bridgehead atoms. The van der Waals surface area contributed by atoms with Gasteiger partial charge in [-0.2, -0.15) is 0 Å². The first-order valence-electron chi connectivity index (χ1n) is 10.0. The maximum absolute atomic E-state index is 12.6. The van der Waals surface area contributed by atoms with Crippen molar-refractivity contribution in [1.82, 2.24) is 24.0 Å². The van der Waals surface area contributed by atoms with Crippen LogP contribution in [0.1, 0.15) is 25.2 Å². The molecule has 0 saturated carbocycles. The van der Waals surface area contributed by atoms with Crippen LogP contribution in [0.2, 0.25) is 0 Å². The first kappa shape index (κ1) is 19.6. The average Bonchev–Trinajstić information content (AvgIpc) is 3.03. The third kappa shape index (κ3) is 4.04. The number of aromatic amines is 1. The molecule has 0 aliphatic carbocycles. The highest BCUT2D eigenvalue weighted by molar-refractivity contribution is 5.70. The van der Waals surface area contributed by atoms with Gasteiger partial charge in [-0.25, -0.2) is 9.78 Å². The second-order valence-corrected chi connectivity index (χ2v) is 7.86. The second-order valence-electron chi connectivity index (χ2n) is 7.86. The van der Waals surface area contributed by atoms with Crippen molar-refractivity contribution in [2.45, 2.75) is 45.6 Å². The summed E-state index contributed by atoms with van der Waals surface area (Å²) in [6, 6.07) is 10.2. The molecule has 8 nitrogen and oxygen atoms in total. The van der Waals surface area contributed by atoms with Crippen LogP contribution in [-0.4, -0.2) is 49.3 Å². The van der Waals surface area contributed by atoms with Crippen LogP contribution in [0.4, 0.5) is 0 Å². The predicted molar refractivity (Wildman–Crippen MR) is 111 cm³/mol. The minimum atomic E-state index is -0.449. The number of aryl methyl sites for hydroxylation is 3. The van der Waals surface area contributed by atoms with Crippen molar-refractivity contribution < 1.29 is 4.74 Å². The van der Waals surface area contributed by atoms with Gasteiger partial charge in [0, 0.05) is 26.7 Å². The number of rotatable bonds is 5. The van der Waals surface area contributed by atoms with Crippen molar-refractivity contribution in [2.24, 2.45) is 7.05 Å². The Balaban J connectivity index is 1.73. The number of nitrogens with one attached hydrogen (secondary N) is 1. The molecule has 2 atom stereocenters. The number of ether oxygens (including phenoxy) is 1. The predicted octanol–water partition coefficient (Wildman–Crippen LogP) is 1.28. The van der Waals surface area contributed by atoms with Crippen LogP contribution in [0.5, 0.6) is 0 Å². The monoisotopic (exact) mass is 397 g/mol. The quantitative estimate of drug-likeness (QED) is 0.701. The summed E-state index contributed by atoms with van der Waals surface area (Å²) in [5.41, 5.74) is 1.23. The average molecular weight is 397 g/mol. The minimum Gasteiger partial charge on any atom is -0.373 e. The van der Waals surface area contributed by atoms with Crippen molar-refractivity contribution in [2.75, 3.05) is 13.1 Å². The molecule has 4 rings (SSSR count). The van der Waals surface area contributed by atoms with E-state index in [0.29, 0.717) is 24.3 Å². The summed E-state index contributed by atoms with van der Waals surface area (Å²) in [6.07, 6.45) is 1.07. The summed E-state index contributed by atoms with van der Waals surface area (Å²) in [7, 11) is 1.64. The molecule has 1 fully saturated rings. The number of aromatic nitrogens is 4. The van der Waals surface area contributed by atoms with Gasteiger partial charge in [-0.3, -0.25) is 19.2 Å². The lowest BCUT2D eigenvalue weighted by molar-refractivity contribution is -0.0712. The van der Waals surface area contributed by atoms with E-state index in [2.05, 4.69) is 35.9 Å². The molecule has 2 aromatic heterocycles. The summed E-state index contributed by atoms with van der Waals surface area (Å²) < 4.78 is 9.20. The van der Waals surface area contributed by atoms with E-state index in [4.69, 9.17) is 9.72 Å². The summed E-state index contributed by atoms with van der Waals surface area (Å²) in [4.78, 5) is 34.1. The lowest BCUT2D eigenvalue weighted by Gasteiger charge is -2.35. The molecule has 29 heavy (non-hydrogen) atoms. The Morgan fingerprint density at radius 1 is 1.14 bits per heavy atom. The first-order valence-corrected chi connectivity index (χ1v) is 10.0. The van der Waals surface area contributed by atoms with Gasteiger partial charge in [0.2, 0.25) is 0 Å². The van der Waals surface area contributed by atoms with E-state index < -0.39 is 11.2 Å². The highest BCUT2D eigenvalue weighted by atomic mass is 16.5. The third-order valence-corrected chi connectivity index (χ3v) is 5.41. The maximum Gasteiger partial charge on any atom is 0.329 e. The molecule has 3 heterocycles. The Morgan fingerprint density at radius 2 is 1.83 bits per heavy atom. The van der Waals surface area contributed by atoms with Crippen LogP contribution >= 0.6 is 0 Å². The summed E-state index contributed by atoms with van der Waals surface area (Å²) in [5, 5.41) is 0. The number of morpholine rings is 1. The number of fused-ring (bicyclic) bond motifs is 1. The normalized spacial score (nSPS) is 20.4. The molecule has 1 N–H and O–H groups in total. The molecule has 1 aliphatic rings. The Kier molecular flexibility index (Phi) is 5.38. The molecular formula is C21H27N5O3. The zero-order chi connectivity index (χ0) is 20.5. The van der Waals surface area contributed by atoms with Gasteiger partial charge in [0.1, 0.15) is 5.82 Å². The molecule has 0 amide bonds. The molecular weight excluding hydrogens is 370 g/mol. The van der Waals surface area contributed by atoms with E-state index in [-0.39, 0.29) is 12.2 Å². The van der Waals surface area contributed by atoms with Crippen molar-refractivity contribution in [3.63, 3.8) is 0 Å². The fourth-order valence-electron chi connectivity index (χ4n) is 4.14. The van der Waals surface area contributed by atoms with E-state index in [9.17, 15) is 9.59 Å². The molecule has 1 aliphatic heterocycles. The zero-order valence-corrected chi connectivity index (χ0v) is 17.1. The Labute approximate surface area is 168 Å². The zero-order valence-electron chi connectivity index (χ0n) is 17.1.